The van der Waals surface area contributed by atoms with Gasteiger partial charge in [0.2, 0.25) is 0 Å². The number of Topliss-reactive ketones (excluding diaryl/α,β-unsaturated/α-hetero) is 1. The van der Waals surface area contributed by atoms with E-state index in [0.717, 1.165) is 30.4 Å². The van der Waals surface area contributed by atoms with Crippen LogP contribution in [0.15, 0.2) is 18.3 Å². The molecule has 2 rings (SSSR count). The van der Waals surface area contributed by atoms with Gasteiger partial charge in [-0.15, -0.1) is 0 Å². The van der Waals surface area contributed by atoms with Crippen molar-refractivity contribution in [3.05, 3.63) is 23.9 Å². The van der Waals surface area contributed by atoms with Crippen LogP contribution in [0.3, 0.4) is 0 Å². The van der Waals surface area contributed by atoms with Crippen molar-refractivity contribution >= 4 is 11.6 Å². The summed E-state index contributed by atoms with van der Waals surface area (Å²) in [5, 5.41) is 0. The summed E-state index contributed by atoms with van der Waals surface area (Å²) in [7, 11) is 0. The molecule has 0 saturated carbocycles. The van der Waals surface area contributed by atoms with E-state index < -0.39 is 0 Å². The van der Waals surface area contributed by atoms with Gasteiger partial charge in [0.25, 0.3) is 0 Å². The van der Waals surface area contributed by atoms with Crippen molar-refractivity contribution in [3.8, 4) is 0 Å². The number of rotatable bonds is 2. The molecule has 1 atom stereocenters. The van der Waals surface area contributed by atoms with Crippen LogP contribution < -0.4 is 4.90 Å². The van der Waals surface area contributed by atoms with Gasteiger partial charge in [0, 0.05) is 24.8 Å². The molecule has 110 valence electrons. The Morgan fingerprint density at radius 1 is 1.30 bits per heavy atom. The van der Waals surface area contributed by atoms with Gasteiger partial charge in [-0.3, -0.25) is 4.79 Å². The lowest BCUT2D eigenvalue weighted by molar-refractivity contribution is 0.101. The molecule has 0 spiro atoms. The maximum absolute atomic E-state index is 11.5. The van der Waals surface area contributed by atoms with E-state index in [2.05, 4.69) is 30.7 Å². The zero-order valence-corrected chi connectivity index (χ0v) is 13.1. The number of aromatic nitrogens is 1. The Kier molecular flexibility index (Phi) is 4.46. The monoisotopic (exact) mass is 274 g/mol. The average Bonchev–Trinajstić information content (AvgIpc) is 2.64. The summed E-state index contributed by atoms with van der Waals surface area (Å²) in [6.45, 7) is 10.7. The SMILES string of the molecule is CC(=O)c1ccnc(N2CCCC(C(C)(C)C)CC2)c1. The molecule has 0 aliphatic carbocycles. The summed E-state index contributed by atoms with van der Waals surface area (Å²) in [5.74, 6) is 1.83. The molecule has 2 heterocycles. The van der Waals surface area contributed by atoms with Gasteiger partial charge >= 0.3 is 0 Å². The number of hydrogen-bond donors (Lipinski definition) is 0. The minimum atomic E-state index is 0.107. The number of hydrogen-bond acceptors (Lipinski definition) is 3. The number of ketones is 1. The third-order valence-electron chi connectivity index (χ3n) is 4.43. The normalized spacial score (nSPS) is 20.6. The Balaban J connectivity index is 2.11. The third-order valence-corrected chi connectivity index (χ3v) is 4.43. The molecule has 1 unspecified atom stereocenters. The molecule has 1 aromatic rings. The zero-order chi connectivity index (χ0) is 14.8. The van der Waals surface area contributed by atoms with Crippen molar-refractivity contribution in [1.82, 2.24) is 4.98 Å². The summed E-state index contributed by atoms with van der Waals surface area (Å²) in [4.78, 5) is 18.3. The topological polar surface area (TPSA) is 33.2 Å². The molecule has 0 N–H and O–H groups in total. The quantitative estimate of drug-likeness (QED) is 0.766. The van der Waals surface area contributed by atoms with E-state index in [0.29, 0.717) is 5.41 Å². The summed E-state index contributed by atoms with van der Waals surface area (Å²) < 4.78 is 0. The molecule has 20 heavy (non-hydrogen) atoms. The van der Waals surface area contributed by atoms with Crippen LogP contribution in [0.25, 0.3) is 0 Å². The largest absolute Gasteiger partial charge is 0.357 e. The highest BCUT2D eigenvalue weighted by atomic mass is 16.1. The summed E-state index contributed by atoms with van der Waals surface area (Å²) in [6.07, 6.45) is 5.44. The van der Waals surface area contributed by atoms with Crippen LogP contribution in [0, 0.1) is 11.3 Å². The van der Waals surface area contributed by atoms with Crippen molar-refractivity contribution in [2.45, 2.75) is 47.0 Å². The van der Waals surface area contributed by atoms with Gasteiger partial charge in [-0.1, -0.05) is 20.8 Å². The van der Waals surface area contributed by atoms with Gasteiger partial charge < -0.3 is 4.90 Å². The van der Waals surface area contributed by atoms with Crippen molar-refractivity contribution in [2.75, 3.05) is 18.0 Å². The van der Waals surface area contributed by atoms with Crippen molar-refractivity contribution < 1.29 is 4.79 Å². The van der Waals surface area contributed by atoms with Crippen LogP contribution in [0.4, 0.5) is 5.82 Å². The van der Waals surface area contributed by atoms with E-state index in [-0.39, 0.29) is 5.78 Å². The van der Waals surface area contributed by atoms with Crippen molar-refractivity contribution in [1.29, 1.82) is 0 Å². The van der Waals surface area contributed by atoms with E-state index in [9.17, 15) is 4.79 Å². The molecule has 1 fully saturated rings. The Labute approximate surface area is 122 Å². The van der Waals surface area contributed by atoms with Crippen LogP contribution in [-0.4, -0.2) is 23.9 Å². The van der Waals surface area contributed by atoms with Crippen LogP contribution in [0.1, 0.15) is 57.3 Å². The molecule has 3 nitrogen and oxygen atoms in total. The summed E-state index contributed by atoms with van der Waals surface area (Å²) >= 11 is 0. The van der Waals surface area contributed by atoms with Gasteiger partial charge in [-0.25, -0.2) is 4.98 Å². The first-order valence-electron chi connectivity index (χ1n) is 7.60. The highest BCUT2D eigenvalue weighted by molar-refractivity contribution is 5.94. The van der Waals surface area contributed by atoms with Crippen molar-refractivity contribution in [2.24, 2.45) is 11.3 Å². The number of carbonyl (C=O) groups excluding carboxylic acids is 1. The standard InChI is InChI=1S/C17H26N2O/c1-13(20)14-7-9-18-16(12-14)19-10-5-6-15(8-11-19)17(2,3)4/h7,9,12,15H,5-6,8,10-11H2,1-4H3. The van der Waals surface area contributed by atoms with E-state index in [1.807, 2.05) is 6.07 Å². The van der Waals surface area contributed by atoms with Gasteiger partial charge in [-0.05, 0) is 49.7 Å². The molecule has 0 amide bonds. The molecule has 3 heteroatoms. The smallest absolute Gasteiger partial charge is 0.159 e. The van der Waals surface area contributed by atoms with Crippen LogP contribution in [0.5, 0.6) is 0 Å². The lowest BCUT2D eigenvalue weighted by Crippen LogP contribution is -2.26. The van der Waals surface area contributed by atoms with E-state index in [1.54, 1.807) is 19.2 Å². The predicted molar refractivity (Wildman–Crippen MR) is 83.3 cm³/mol. The van der Waals surface area contributed by atoms with Gasteiger partial charge in [0.05, 0.1) is 0 Å². The van der Waals surface area contributed by atoms with E-state index >= 15 is 0 Å². The fourth-order valence-electron chi connectivity index (χ4n) is 3.00. The number of nitrogens with zero attached hydrogens (tertiary/aromatic N) is 2. The van der Waals surface area contributed by atoms with Crippen molar-refractivity contribution in [3.63, 3.8) is 0 Å². The maximum Gasteiger partial charge on any atom is 0.159 e. The number of pyridine rings is 1. The molecule has 1 aliphatic rings. The molecule has 1 aliphatic heterocycles. The molecule has 0 aromatic carbocycles. The van der Waals surface area contributed by atoms with Gasteiger partial charge in [-0.2, -0.15) is 0 Å². The predicted octanol–water partition coefficient (Wildman–Crippen LogP) is 3.94. The van der Waals surface area contributed by atoms with Crippen LogP contribution in [-0.2, 0) is 0 Å². The fraction of sp³-hybridized carbons (Fsp3) is 0.647. The Hall–Kier alpha value is -1.38. The van der Waals surface area contributed by atoms with Gasteiger partial charge in [0.1, 0.15) is 5.82 Å². The second kappa shape index (κ2) is 5.94. The van der Waals surface area contributed by atoms with E-state index in [4.69, 9.17) is 0 Å². The van der Waals surface area contributed by atoms with Crippen LogP contribution in [0.2, 0.25) is 0 Å². The average molecular weight is 274 g/mol. The molecule has 0 radical (unpaired) electrons. The molecular weight excluding hydrogens is 248 g/mol. The van der Waals surface area contributed by atoms with Gasteiger partial charge in [0.15, 0.2) is 5.78 Å². The lowest BCUT2D eigenvalue weighted by atomic mass is 9.77. The Morgan fingerprint density at radius 2 is 2.05 bits per heavy atom. The second-order valence-electron chi connectivity index (χ2n) is 6.94. The number of anilines is 1. The lowest BCUT2D eigenvalue weighted by Gasteiger charge is -2.30. The minimum Gasteiger partial charge on any atom is -0.357 e. The first-order valence-corrected chi connectivity index (χ1v) is 7.60. The molecular formula is C17H26N2O. The summed E-state index contributed by atoms with van der Waals surface area (Å²) in [5.41, 5.74) is 1.14. The number of carbonyl (C=O) groups is 1. The Bertz CT molecular complexity index is 476. The summed E-state index contributed by atoms with van der Waals surface area (Å²) in [6, 6.07) is 3.72. The first kappa shape index (κ1) is 15.0. The highest BCUT2D eigenvalue weighted by Gasteiger charge is 2.27. The third kappa shape index (κ3) is 3.59. The molecule has 0 bridgehead atoms. The van der Waals surface area contributed by atoms with E-state index in [1.165, 1.54) is 19.3 Å². The zero-order valence-electron chi connectivity index (χ0n) is 13.1. The highest BCUT2D eigenvalue weighted by Crippen LogP contribution is 2.35. The first-order chi connectivity index (χ1) is 9.38. The second-order valence-corrected chi connectivity index (χ2v) is 6.94. The van der Waals surface area contributed by atoms with Crippen LogP contribution >= 0.6 is 0 Å². The molecule has 1 saturated heterocycles. The maximum atomic E-state index is 11.5. The minimum absolute atomic E-state index is 0.107. The fourth-order valence-corrected chi connectivity index (χ4v) is 3.00. The molecule has 1 aromatic heterocycles. The Morgan fingerprint density at radius 3 is 2.70 bits per heavy atom.